The van der Waals surface area contributed by atoms with Gasteiger partial charge < -0.3 is 4.74 Å². The number of allylic oxidation sites excluding steroid dienone is 1. The molecular formula is C23H21NO3S. The van der Waals surface area contributed by atoms with Gasteiger partial charge in [-0.2, -0.15) is 0 Å². The smallest absolute Gasteiger partial charge is 0.238 e. The highest BCUT2D eigenvalue weighted by Crippen LogP contribution is 2.40. The maximum atomic E-state index is 11.6. The topological polar surface area (TPSA) is 69.4 Å². The van der Waals surface area contributed by atoms with Gasteiger partial charge in [-0.3, -0.25) is 0 Å². The second-order valence-electron chi connectivity index (χ2n) is 7.08. The fourth-order valence-corrected chi connectivity index (χ4v) is 4.11. The molecule has 3 aromatic rings. The molecule has 28 heavy (non-hydrogen) atoms. The van der Waals surface area contributed by atoms with Gasteiger partial charge in [0.15, 0.2) is 0 Å². The van der Waals surface area contributed by atoms with Crippen LogP contribution in [0, 0.1) is 13.8 Å². The van der Waals surface area contributed by atoms with E-state index < -0.39 is 10.0 Å². The van der Waals surface area contributed by atoms with Crippen LogP contribution in [0.1, 0.15) is 27.8 Å². The number of hydrogen-bond acceptors (Lipinski definition) is 3. The maximum Gasteiger partial charge on any atom is 0.238 e. The van der Waals surface area contributed by atoms with E-state index >= 15 is 0 Å². The molecule has 2 N–H and O–H groups in total. The van der Waals surface area contributed by atoms with Crippen molar-refractivity contribution in [2.45, 2.75) is 25.2 Å². The van der Waals surface area contributed by atoms with Gasteiger partial charge in [-0.15, -0.1) is 0 Å². The minimum atomic E-state index is -3.73. The van der Waals surface area contributed by atoms with Crippen LogP contribution >= 0.6 is 0 Å². The van der Waals surface area contributed by atoms with Gasteiger partial charge in [-0.1, -0.05) is 42.0 Å². The van der Waals surface area contributed by atoms with Crippen molar-refractivity contribution < 1.29 is 13.2 Å². The van der Waals surface area contributed by atoms with Crippen LogP contribution < -0.4 is 9.88 Å². The highest BCUT2D eigenvalue weighted by atomic mass is 32.2. The van der Waals surface area contributed by atoms with Gasteiger partial charge in [-0.25, -0.2) is 13.6 Å². The lowest BCUT2D eigenvalue weighted by Gasteiger charge is -2.25. The molecule has 5 heteroatoms. The minimum Gasteiger partial charge on any atom is -0.456 e. The summed E-state index contributed by atoms with van der Waals surface area (Å²) >= 11 is 0. The molecule has 0 saturated heterocycles. The first-order valence-corrected chi connectivity index (χ1v) is 10.6. The summed E-state index contributed by atoms with van der Waals surface area (Å²) in [6.07, 6.45) is 0.742. The summed E-state index contributed by atoms with van der Waals surface area (Å²) in [5.74, 6) is 1.56. The van der Waals surface area contributed by atoms with Gasteiger partial charge in [0, 0.05) is 17.6 Å². The van der Waals surface area contributed by atoms with E-state index in [9.17, 15) is 8.42 Å². The Bertz CT molecular complexity index is 1190. The number of para-hydroxylation sites is 1. The Kier molecular flexibility index (Phi) is 4.57. The molecule has 3 aromatic carbocycles. The molecule has 0 saturated carbocycles. The van der Waals surface area contributed by atoms with Gasteiger partial charge in [0.2, 0.25) is 10.0 Å². The molecule has 0 atom stereocenters. The third-order valence-corrected chi connectivity index (χ3v) is 5.91. The second kappa shape index (κ2) is 6.93. The van der Waals surface area contributed by atoms with Crippen LogP contribution in [0.15, 0.2) is 71.6 Å². The zero-order valence-electron chi connectivity index (χ0n) is 15.8. The Morgan fingerprint density at radius 3 is 2.32 bits per heavy atom. The van der Waals surface area contributed by atoms with Crippen LogP contribution in [-0.2, 0) is 16.4 Å². The minimum absolute atomic E-state index is 0.0844. The molecule has 0 unspecified atom stereocenters. The molecular weight excluding hydrogens is 370 g/mol. The van der Waals surface area contributed by atoms with Crippen molar-refractivity contribution in [3.63, 3.8) is 0 Å². The number of benzene rings is 3. The number of sulfonamides is 1. The zero-order valence-corrected chi connectivity index (χ0v) is 16.6. The van der Waals surface area contributed by atoms with Crippen molar-refractivity contribution in [1.29, 1.82) is 0 Å². The lowest BCUT2D eigenvalue weighted by Crippen LogP contribution is -2.13. The Balaban J connectivity index is 1.89. The van der Waals surface area contributed by atoms with Gasteiger partial charge in [-0.05, 0) is 60.9 Å². The standard InChI is InChI=1S/C23H21NO3S/c1-15-7-12-20(16(2)13-15)21-14-18-5-3-4-6-22(18)27-23(21)17-8-10-19(11-9-17)28(24,25)26/h3-13H,14H2,1-2H3,(H2,24,25,26). The Morgan fingerprint density at radius 1 is 0.929 bits per heavy atom. The van der Waals surface area contributed by atoms with Gasteiger partial charge in [0.25, 0.3) is 0 Å². The van der Waals surface area contributed by atoms with Gasteiger partial charge in [0.05, 0.1) is 4.90 Å². The van der Waals surface area contributed by atoms with E-state index in [1.54, 1.807) is 12.1 Å². The molecule has 0 bridgehead atoms. The fraction of sp³-hybridized carbons (Fsp3) is 0.130. The van der Waals surface area contributed by atoms with Crippen LogP contribution in [0.5, 0.6) is 5.75 Å². The van der Waals surface area contributed by atoms with Crippen LogP contribution in [0.2, 0.25) is 0 Å². The SMILES string of the molecule is Cc1ccc(C2=C(c3ccc(S(N)(=O)=O)cc3)Oc3ccccc3C2)c(C)c1. The lowest BCUT2D eigenvalue weighted by atomic mass is 9.89. The molecule has 1 heterocycles. The normalized spacial score (nSPS) is 13.8. The van der Waals surface area contributed by atoms with E-state index in [-0.39, 0.29) is 4.90 Å². The fourth-order valence-electron chi connectivity index (χ4n) is 3.59. The van der Waals surface area contributed by atoms with Crippen LogP contribution in [0.25, 0.3) is 11.3 Å². The molecule has 0 spiro atoms. The first kappa shape index (κ1) is 18.5. The molecule has 0 aliphatic carbocycles. The molecule has 0 aromatic heterocycles. The number of nitrogens with two attached hydrogens (primary N) is 1. The van der Waals surface area contributed by atoms with E-state index in [1.807, 2.05) is 18.2 Å². The number of ether oxygens (including phenoxy) is 1. The number of fused-ring (bicyclic) bond motifs is 1. The van der Waals surface area contributed by atoms with Crippen molar-refractivity contribution in [1.82, 2.24) is 0 Å². The van der Waals surface area contributed by atoms with Gasteiger partial charge in [0.1, 0.15) is 11.5 Å². The van der Waals surface area contributed by atoms with Crippen LogP contribution in [0.4, 0.5) is 0 Å². The summed E-state index contributed by atoms with van der Waals surface area (Å²) in [6, 6.07) is 20.9. The van der Waals surface area contributed by atoms with Crippen LogP contribution in [0.3, 0.4) is 0 Å². The number of aryl methyl sites for hydroxylation is 2. The summed E-state index contributed by atoms with van der Waals surface area (Å²) in [4.78, 5) is 0.0844. The van der Waals surface area contributed by atoms with Crippen molar-refractivity contribution >= 4 is 21.4 Å². The van der Waals surface area contributed by atoms with E-state index in [0.29, 0.717) is 0 Å². The number of primary sulfonamides is 1. The Hall–Kier alpha value is -2.89. The van der Waals surface area contributed by atoms with Crippen LogP contribution in [-0.4, -0.2) is 8.42 Å². The molecule has 142 valence electrons. The quantitative estimate of drug-likeness (QED) is 0.717. The van der Waals surface area contributed by atoms with E-state index in [1.165, 1.54) is 23.3 Å². The van der Waals surface area contributed by atoms with Gasteiger partial charge >= 0.3 is 0 Å². The largest absolute Gasteiger partial charge is 0.456 e. The van der Waals surface area contributed by atoms with Crippen molar-refractivity contribution in [3.8, 4) is 5.75 Å². The third-order valence-electron chi connectivity index (χ3n) is 4.98. The average Bonchev–Trinajstić information content (AvgIpc) is 2.66. The average molecular weight is 391 g/mol. The second-order valence-corrected chi connectivity index (χ2v) is 8.64. The Morgan fingerprint density at radius 2 is 1.64 bits per heavy atom. The summed E-state index contributed by atoms with van der Waals surface area (Å²) < 4.78 is 29.5. The summed E-state index contributed by atoms with van der Waals surface area (Å²) in [6.45, 7) is 4.17. The highest BCUT2D eigenvalue weighted by molar-refractivity contribution is 7.89. The molecule has 4 nitrogen and oxygen atoms in total. The molecule has 0 amide bonds. The van der Waals surface area contributed by atoms with E-state index in [0.717, 1.165) is 40.2 Å². The summed E-state index contributed by atoms with van der Waals surface area (Å²) in [5, 5.41) is 5.23. The summed E-state index contributed by atoms with van der Waals surface area (Å²) in [7, 11) is -3.73. The maximum absolute atomic E-state index is 11.6. The molecule has 4 rings (SSSR count). The lowest BCUT2D eigenvalue weighted by molar-refractivity contribution is 0.502. The monoisotopic (exact) mass is 391 g/mol. The van der Waals surface area contributed by atoms with E-state index in [2.05, 4.69) is 38.1 Å². The highest BCUT2D eigenvalue weighted by Gasteiger charge is 2.23. The number of rotatable bonds is 3. The molecule has 1 aliphatic rings. The van der Waals surface area contributed by atoms with Crippen molar-refractivity contribution in [3.05, 3.63) is 94.5 Å². The third kappa shape index (κ3) is 3.46. The molecule has 0 radical (unpaired) electrons. The van der Waals surface area contributed by atoms with Crippen molar-refractivity contribution in [2.24, 2.45) is 5.14 Å². The molecule has 0 fully saturated rings. The van der Waals surface area contributed by atoms with E-state index in [4.69, 9.17) is 9.88 Å². The van der Waals surface area contributed by atoms with Crippen molar-refractivity contribution in [2.75, 3.05) is 0 Å². The predicted octanol–water partition coefficient (Wildman–Crippen LogP) is 4.45. The Labute approximate surface area is 165 Å². The predicted molar refractivity (Wildman–Crippen MR) is 111 cm³/mol. The molecule has 1 aliphatic heterocycles. The first-order valence-electron chi connectivity index (χ1n) is 9.03. The zero-order chi connectivity index (χ0) is 19.9. The summed E-state index contributed by atoms with van der Waals surface area (Å²) in [5.41, 5.74) is 6.54. The first-order chi connectivity index (χ1) is 13.3. The number of hydrogen-bond donors (Lipinski definition) is 1.